The highest BCUT2D eigenvalue weighted by molar-refractivity contribution is 6.00. The second-order valence-electron chi connectivity index (χ2n) is 4.88. The second-order valence-corrected chi connectivity index (χ2v) is 4.88. The summed E-state index contributed by atoms with van der Waals surface area (Å²) in [4.78, 5) is 37.4. The molecule has 1 unspecified atom stereocenters. The number of carbonyl (C=O) groups is 2. The van der Waals surface area contributed by atoms with Crippen LogP contribution in [-0.2, 0) is 9.59 Å². The van der Waals surface area contributed by atoms with Crippen molar-refractivity contribution in [3.63, 3.8) is 0 Å². The topological polar surface area (TPSA) is 83.8 Å². The Hall–Kier alpha value is -2.44. The third kappa shape index (κ3) is 2.86. The second kappa shape index (κ2) is 5.90. The number of hydrogen-bond donors (Lipinski definition) is 0. The molecule has 112 valence electrons. The molecule has 0 aliphatic carbocycles. The minimum atomic E-state index is -0.513. The molecule has 0 N–H and O–H groups in total. The number of nitro groups is 1. The Morgan fingerprint density at radius 3 is 2.48 bits per heavy atom. The molecule has 7 heteroatoms. The summed E-state index contributed by atoms with van der Waals surface area (Å²) < 4.78 is 0. The fourth-order valence-electron chi connectivity index (χ4n) is 2.42. The van der Waals surface area contributed by atoms with Crippen LogP contribution in [0.25, 0.3) is 0 Å². The summed E-state index contributed by atoms with van der Waals surface area (Å²) in [7, 11) is 0. The van der Waals surface area contributed by atoms with E-state index >= 15 is 0 Å². The number of nitro benzene ring substituents is 1. The van der Waals surface area contributed by atoms with Crippen LogP contribution in [0.4, 0.5) is 11.4 Å². The molecule has 1 aromatic rings. The Bertz CT molecular complexity index is 570. The zero-order valence-corrected chi connectivity index (χ0v) is 12.0. The van der Waals surface area contributed by atoms with Crippen molar-refractivity contribution in [3.05, 3.63) is 34.4 Å². The zero-order valence-electron chi connectivity index (χ0n) is 12.0. The summed E-state index contributed by atoms with van der Waals surface area (Å²) in [5, 5.41) is 10.6. The smallest absolute Gasteiger partial charge is 0.269 e. The molecule has 1 saturated heterocycles. The van der Waals surface area contributed by atoms with Crippen molar-refractivity contribution in [1.29, 1.82) is 0 Å². The van der Waals surface area contributed by atoms with Gasteiger partial charge < -0.3 is 9.80 Å². The van der Waals surface area contributed by atoms with E-state index in [9.17, 15) is 19.7 Å². The monoisotopic (exact) mass is 291 g/mol. The van der Waals surface area contributed by atoms with Gasteiger partial charge in [-0.2, -0.15) is 0 Å². The molecule has 1 aliphatic rings. The molecule has 2 amide bonds. The van der Waals surface area contributed by atoms with E-state index in [0.717, 1.165) is 0 Å². The van der Waals surface area contributed by atoms with Crippen LogP contribution in [0.2, 0.25) is 0 Å². The fourth-order valence-corrected chi connectivity index (χ4v) is 2.42. The first-order chi connectivity index (χ1) is 9.95. The molecule has 0 spiro atoms. The molecule has 7 nitrogen and oxygen atoms in total. The molecule has 2 rings (SSSR count). The van der Waals surface area contributed by atoms with E-state index in [-0.39, 0.29) is 17.5 Å². The Morgan fingerprint density at radius 2 is 1.95 bits per heavy atom. The van der Waals surface area contributed by atoms with Gasteiger partial charge in [-0.05, 0) is 19.1 Å². The van der Waals surface area contributed by atoms with Crippen molar-refractivity contribution in [2.24, 2.45) is 0 Å². The van der Waals surface area contributed by atoms with Crippen LogP contribution in [0.1, 0.15) is 20.3 Å². The van der Waals surface area contributed by atoms with Crippen LogP contribution >= 0.6 is 0 Å². The molecule has 1 atom stereocenters. The average Bonchev–Trinajstić information content (AvgIpc) is 2.49. The van der Waals surface area contributed by atoms with Crippen LogP contribution in [-0.4, -0.2) is 40.8 Å². The maximum Gasteiger partial charge on any atom is 0.269 e. The molecule has 0 radical (unpaired) electrons. The number of anilines is 1. The predicted molar refractivity (Wildman–Crippen MR) is 76.9 cm³/mol. The van der Waals surface area contributed by atoms with E-state index in [4.69, 9.17) is 0 Å². The summed E-state index contributed by atoms with van der Waals surface area (Å²) in [6, 6.07) is 5.34. The Balaban J connectivity index is 2.17. The summed E-state index contributed by atoms with van der Waals surface area (Å²) in [6.45, 7) is 4.33. The number of hydrogen-bond acceptors (Lipinski definition) is 4. The van der Waals surface area contributed by atoms with E-state index < -0.39 is 11.0 Å². The SMILES string of the molecule is CCC(=O)N1CCN(c2ccc([N+](=O)[O-])cc2)C(=O)C1C. The molecular formula is C14H17N3O4. The fraction of sp³-hybridized carbons (Fsp3) is 0.429. The maximum absolute atomic E-state index is 12.4. The summed E-state index contributed by atoms with van der Waals surface area (Å²) >= 11 is 0. The number of piperazine rings is 1. The molecule has 1 heterocycles. The van der Waals surface area contributed by atoms with E-state index in [1.165, 1.54) is 12.1 Å². The van der Waals surface area contributed by atoms with Gasteiger partial charge in [0.05, 0.1) is 4.92 Å². The lowest BCUT2D eigenvalue weighted by atomic mass is 10.1. The van der Waals surface area contributed by atoms with Gasteiger partial charge in [-0.3, -0.25) is 19.7 Å². The number of rotatable bonds is 3. The maximum atomic E-state index is 12.4. The van der Waals surface area contributed by atoms with Gasteiger partial charge in [-0.25, -0.2) is 0 Å². The van der Waals surface area contributed by atoms with Crippen molar-refractivity contribution in [2.45, 2.75) is 26.3 Å². The van der Waals surface area contributed by atoms with Crippen LogP contribution in [0.5, 0.6) is 0 Å². The van der Waals surface area contributed by atoms with E-state index in [0.29, 0.717) is 25.2 Å². The van der Waals surface area contributed by atoms with Crippen molar-refractivity contribution in [2.75, 3.05) is 18.0 Å². The normalized spacial score (nSPS) is 18.8. The van der Waals surface area contributed by atoms with Crippen molar-refractivity contribution < 1.29 is 14.5 Å². The quantitative estimate of drug-likeness (QED) is 0.625. The Kier molecular flexibility index (Phi) is 4.21. The highest BCUT2D eigenvalue weighted by atomic mass is 16.6. The first-order valence-electron chi connectivity index (χ1n) is 6.81. The van der Waals surface area contributed by atoms with Crippen molar-refractivity contribution in [3.8, 4) is 0 Å². The highest BCUT2D eigenvalue weighted by Crippen LogP contribution is 2.23. The Labute approximate surface area is 122 Å². The minimum Gasteiger partial charge on any atom is -0.329 e. The van der Waals surface area contributed by atoms with Crippen LogP contribution in [0.15, 0.2) is 24.3 Å². The predicted octanol–water partition coefficient (Wildman–Crippen LogP) is 1.57. The molecule has 0 aromatic heterocycles. The molecule has 21 heavy (non-hydrogen) atoms. The Morgan fingerprint density at radius 1 is 1.33 bits per heavy atom. The van der Waals surface area contributed by atoms with Crippen LogP contribution in [0, 0.1) is 10.1 Å². The number of amides is 2. The summed E-state index contributed by atoms with van der Waals surface area (Å²) in [5.74, 6) is -0.212. The first kappa shape index (κ1) is 15.0. The zero-order chi connectivity index (χ0) is 15.6. The van der Waals surface area contributed by atoms with Gasteiger partial charge in [0.25, 0.3) is 5.69 Å². The van der Waals surface area contributed by atoms with Gasteiger partial charge in [-0.15, -0.1) is 0 Å². The highest BCUT2D eigenvalue weighted by Gasteiger charge is 2.34. The molecule has 0 bridgehead atoms. The van der Waals surface area contributed by atoms with E-state index in [2.05, 4.69) is 0 Å². The van der Waals surface area contributed by atoms with Crippen molar-refractivity contribution in [1.82, 2.24) is 4.90 Å². The molecule has 1 fully saturated rings. The van der Waals surface area contributed by atoms with Gasteiger partial charge in [-0.1, -0.05) is 6.92 Å². The van der Waals surface area contributed by atoms with Crippen molar-refractivity contribution >= 4 is 23.2 Å². The summed E-state index contributed by atoms with van der Waals surface area (Å²) in [5.41, 5.74) is 0.597. The van der Waals surface area contributed by atoms with Gasteiger partial charge in [0.2, 0.25) is 11.8 Å². The van der Waals surface area contributed by atoms with E-state index in [1.807, 2.05) is 0 Å². The lowest BCUT2D eigenvalue weighted by Crippen LogP contribution is -2.57. The van der Waals surface area contributed by atoms with Crippen LogP contribution < -0.4 is 4.90 Å². The van der Waals surface area contributed by atoms with Gasteiger partial charge in [0, 0.05) is 37.3 Å². The molecular weight excluding hydrogens is 274 g/mol. The molecule has 1 aromatic carbocycles. The van der Waals surface area contributed by atoms with E-state index in [1.54, 1.807) is 35.8 Å². The molecule has 1 aliphatic heterocycles. The lowest BCUT2D eigenvalue weighted by Gasteiger charge is -2.39. The summed E-state index contributed by atoms with van der Waals surface area (Å²) in [6.07, 6.45) is 0.370. The lowest BCUT2D eigenvalue weighted by molar-refractivity contribution is -0.384. The molecule has 0 saturated carbocycles. The minimum absolute atomic E-state index is 0.0148. The largest absolute Gasteiger partial charge is 0.329 e. The van der Waals surface area contributed by atoms with Gasteiger partial charge in [0.1, 0.15) is 6.04 Å². The number of non-ortho nitro benzene ring substituents is 1. The van der Waals surface area contributed by atoms with Crippen LogP contribution in [0.3, 0.4) is 0 Å². The standard InChI is InChI=1S/C14H17N3O4/c1-3-13(18)15-8-9-16(14(19)10(15)2)11-4-6-12(7-5-11)17(20)21/h4-7,10H,3,8-9H2,1-2H3. The third-order valence-corrected chi connectivity index (χ3v) is 3.65. The number of benzene rings is 1. The number of nitrogens with zero attached hydrogens (tertiary/aromatic N) is 3. The number of carbonyl (C=O) groups excluding carboxylic acids is 2. The average molecular weight is 291 g/mol. The van der Waals surface area contributed by atoms with Gasteiger partial charge >= 0.3 is 0 Å². The first-order valence-corrected chi connectivity index (χ1v) is 6.81. The van der Waals surface area contributed by atoms with Gasteiger partial charge in [0.15, 0.2) is 0 Å². The third-order valence-electron chi connectivity index (χ3n) is 3.65.